The van der Waals surface area contributed by atoms with E-state index >= 15 is 0 Å². The van der Waals surface area contributed by atoms with Crippen LogP contribution in [0.25, 0.3) is 0 Å². The van der Waals surface area contributed by atoms with E-state index in [1.165, 1.54) is 0 Å². The molecule has 0 spiro atoms. The number of nitrogens with two attached hydrogens (primary N) is 1. The van der Waals surface area contributed by atoms with Crippen molar-refractivity contribution in [1.29, 1.82) is 0 Å². The van der Waals surface area contributed by atoms with Crippen LogP contribution in [-0.2, 0) is 11.3 Å². The summed E-state index contributed by atoms with van der Waals surface area (Å²) in [5.74, 6) is 0.971. The molecule has 0 heterocycles. The van der Waals surface area contributed by atoms with Crippen LogP contribution in [0.1, 0.15) is 25.3 Å². The topological polar surface area (TPSA) is 73.6 Å². The third-order valence-electron chi connectivity index (χ3n) is 3.11. The summed E-state index contributed by atoms with van der Waals surface area (Å²) >= 11 is 3.43. The number of carbonyl (C=O) groups excluding carboxylic acids is 1. The van der Waals surface area contributed by atoms with Gasteiger partial charge in [0.05, 0.1) is 11.6 Å². The minimum Gasteiger partial charge on any atom is -0.493 e. The van der Waals surface area contributed by atoms with Gasteiger partial charge in [-0.3, -0.25) is 4.79 Å². The van der Waals surface area contributed by atoms with Crippen LogP contribution in [0.2, 0.25) is 0 Å². The molecule has 0 saturated heterocycles. The van der Waals surface area contributed by atoms with E-state index in [-0.39, 0.29) is 5.91 Å². The summed E-state index contributed by atoms with van der Waals surface area (Å²) in [5.41, 5.74) is 6.55. The van der Waals surface area contributed by atoms with Gasteiger partial charge < -0.3 is 20.5 Å². The van der Waals surface area contributed by atoms with Crippen LogP contribution in [0.5, 0.6) is 11.5 Å². The molecule has 1 aliphatic carbocycles. The number of halogens is 1. The van der Waals surface area contributed by atoms with Crippen molar-refractivity contribution in [3.8, 4) is 11.5 Å². The fourth-order valence-corrected chi connectivity index (χ4v) is 2.36. The molecule has 0 aromatic heterocycles. The zero-order valence-electron chi connectivity index (χ0n) is 11.6. The van der Waals surface area contributed by atoms with E-state index in [1.807, 2.05) is 12.1 Å². The highest BCUT2D eigenvalue weighted by molar-refractivity contribution is 9.10. The Morgan fingerprint density at radius 3 is 2.80 bits per heavy atom. The van der Waals surface area contributed by atoms with Gasteiger partial charge in [-0.15, -0.1) is 0 Å². The highest BCUT2D eigenvalue weighted by atomic mass is 79.9. The van der Waals surface area contributed by atoms with Crippen LogP contribution < -0.4 is 20.5 Å². The van der Waals surface area contributed by atoms with Crippen LogP contribution >= 0.6 is 15.9 Å². The molecule has 1 aromatic rings. The SMILES string of the molecule is COc1cc(CN)cc(Br)c1OC(C)C(=O)NC1CC1. The monoisotopic (exact) mass is 342 g/mol. The van der Waals surface area contributed by atoms with E-state index in [0.717, 1.165) is 22.9 Å². The molecule has 1 unspecified atom stereocenters. The van der Waals surface area contributed by atoms with E-state index < -0.39 is 6.10 Å². The quantitative estimate of drug-likeness (QED) is 0.828. The van der Waals surface area contributed by atoms with E-state index in [2.05, 4.69) is 21.2 Å². The lowest BCUT2D eigenvalue weighted by atomic mass is 10.2. The molecule has 0 bridgehead atoms. The van der Waals surface area contributed by atoms with Gasteiger partial charge in [-0.05, 0) is 53.4 Å². The Bertz CT molecular complexity index is 503. The lowest BCUT2D eigenvalue weighted by Gasteiger charge is -2.18. The third kappa shape index (κ3) is 3.64. The molecule has 1 aromatic carbocycles. The van der Waals surface area contributed by atoms with Crippen LogP contribution in [0.15, 0.2) is 16.6 Å². The summed E-state index contributed by atoms with van der Waals surface area (Å²) in [4.78, 5) is 11.9. The van der Waals surface area contributed by atoms with E-state index in [9.17, 15) is 4.79 Å². The number of methoxy groups -OCH3 is 1. The minimum atomic E-state index is -0.579. The number of benzene rings is 1. The molecule has 1 aliphatic rings. The van der Waals surface area contributed by atoms with Crippen molar-refractivity contribution in [3.63, 3.8) is 0 Å². The van der Waals surface area contributed by atoms with Crippen molar-refractivity contribution in [2.45, 2.75) is 38.5 Å². The second-order valence-electron chi connectivity index (χ2n) is 4.86. The normalized spacial score (nSPS) is 15.6. The molecule has 0 radical (unpaired) electrons. The number of rotatable bonds is 6. The van der Waals surface area contributed by atoms with E-state index in [4.69, 9.17) is 15.2 Å². The van der Waals surface area contributed by atoms with Gasteiger partial charge in [0.2, 0.25) is 0 Å². The number of hydrogen-bond donors (Lipinski definition) is 2. The standard InChI is InChI=1S/C14H19BrN2O3/c1-8(14(18)17-10-3-4-10)20-13-11(15)5-9(7-16)6-12(13)19-2/h5-6,8,10H,3-4,7,16H2,1-2H3,(H,17,18). The summed E-state index contributed by atoms with van der Waals surface area (Å²) in [6, 6.07) is 3.99. The zero-order valence-corrected chi connectivity index (χ0v) is 13.2. The van der Waals surface area contributed by atoms with Gasteiger partial charge in [0.1, 0.15) is 0 Å². The van der Waals surface area contributed by atoms with Gasteiger partial charge in [0.25, 0.3) is 5.91 Å². The van der Waals surface area contributed by atoms with Gasteiger partial charge in [-0.1, -0.05) is 0 Å². The average Bonchev–Trinajstić information content (AvgIpc) is 3.24. The number of ether oxygens (including phenoxy) is 2. The predicted molar refractivity (Wildman–Crippen MR) is 79.8 cm³/mol. The Hall–Kier alpha value is -1.27. The van der Waals surface area contributed by atoms with Crippen LogP contribution in [0, 0.1) is 0 Å². The highest BCUT2D eigenvalue weighted by Crippen LogP contribution is 2.37. The van der Waals surface area contributed by atoms with Crippen LogP contribution in [0.3, 0.4) is 0 Å². The largest absolute Gasteiger partial charge is 0.493 e. The Morgan fingerprint density at radius 1 is 1.55 bits per heavy atom. The molecular weight excluding hydrogens is 324 g/mol. The predicted octanol–water partition coefficient (Wildman–Crippen LogP) is 1.96. The average molecular weight is 343 g/mol. The molecule has 1 fully saturated rings. The maximum Gasteiger partial charge on any atom is 0.260 e. The molecule has 1 atom stereocenters. The van der Waals surface area contributed by atoms with Crippen molar-refractivity contribution in [1.82, 2.24) is 5.32 Å². The summed E-state index contributed by atoms with van der Waals surface area (Å²) < 4.78 is 11.8. The molecule has 1 saturated carbocycles. The van der Waals surface area contributed by atoms with E-state index in [0.29, 0.717) is 24.1 Å². The number of hydrogen-bond acceptors (Lipinski definition) is 4. The lowest BCUT2D eigenvalue weighted by molar-refractivity contribution is -0.127. The van der Waals surface area contributed by atoms with E-state index in [1.54, 1.807) is 14.0 Å². The van der Waals surface area contributed by atoms with Crippen LogP contribution in [0.4, 0.5) is 0 Å². The number of amides is 1. The highest BCUT2D eigenvalue weighted by Gasteiger charge is 2.27. The van der Waals surface area contributed by atoms with Crippen molar-refractivity contribution in [2.75, 3.05) is 7.11 Å². The van der Waals surface area contributed by atoms with Crippen LogP contribution in [-0.4, -0.2) is 25.2 Å². The first-order chi connectivity index (χ1) is 9.55. The summed E-state index contributed by atoms with van der Waals surface area (Å²) in [7, 11) is 1.56. The molecular formula is C14H19BrN2O3. The van der Waals surface area contributed by atoms with Gasteiger partial charge in [-0.2, -0.15) is 0 Å². The second-order valence-corrected chi connectivity index (χ2v) is 5.71. The third-order valence-corrected chi connectivity index (χ3v) is 3.70. The van der Waals surface area contributed by atoms with Gasteiger partial charge >= 0.3 is 0 Å². The maximum atomic E-state index is 11.9. The minimum absolute atomic E-state index is 0.107. The first-order valence-corrected chi connectivity index (χ1v) is 7.38. The fraction of sp³-hybridized carbons (Fsp3) is 0.500. The molecule has 3 N–H and O–H groups in total. The Balaban J connectivity index is 2.12. The van der Waals surface area contributed by atoms with Crippen molar-refractivity contribution in [3.05, 3.63) is 22.2 Å². The first-order valence-electron chi connectivity index (χ1n) is 6.58. The van der Waals surface area contributed by atoms with Gasteiger partial charge in [0, 0.05) is 12.6 Å². The summed E-state index contributed by atoms with van der Waals surface area (Å²) in [5, 5.41) is 2.91. The maximum absolute atomic E-state index is 11.9. The molecule has 6 heteroatoms. The van der Waals surface area contributed by atoms with Crippen molar-refractivity contribution in [2.24, 2.45) is 5.73 Å². The van der Waals surface area contributed by atoms with Crippen molar-refractivity contribution < 1.29 is 14.3 Å². The fourth-order valence-electron chi connectivity index (χ4n) is 1.78. The molecule has 5 nitrogen and oxygen atoms in total. The number of nitrogens with one attached hydrogen (secondary N) is 1. The molecule has 110 valence electrons. The first kappa shape index (κ1) is 15.1. The molecule has 2 rings (SSSR count). The Labute approximate surface area is 126 Å². The number of carbonyl (C=O) groups is 1. The zero-order chi connectivity index (χ0) is 14.7. The Morgan fingerprint density at radius 2 is 2.25 bits per heavy atom. The van der Waals surface area contributed by atoms with Crippen molar-refractivity contribution >= 4 is 21.8 Å². The second kappa shape index (κ2) is 6.45. The molecule has 0 aliphatic heterocycles. The molecule has 1 amide bonds. The Kier molecular flexibility index (Phi) is 4.88. The van der Waals surface area contributed by atoms with Gasteiger partial charge in [-0.25, -0.2) is 0 Å². The summed E-state index contributed by atoms with van der Waals surface area (Å²) in [6.45, 7) is 2.13. The van der Waals surface area contributed by atoms with Gasteiger partial charge in [0.15, 0.2) is 17.6 Å². The summed E-state index contributed by atoms with van der Waals surface area (Å²) in [6.07, 6.45) is 1.53. The lowest BCUT2D eigenvalue weighted by Crippen LogP contribution is -2.37. The smallest absolute Gasteiger partial charge is 0.260 e. The molecule has 20 heavy (non-hydrogen) atoms.